The molecule has 0 unspecified atom stereocenters. The number of aromatic nitrogens is 2. The summed E-state index contributed by atoms with van der Waals surface area (Å²) in [5, 5.41) is 9.54. The first kappa shape index (κ1) is 34.5. The minimum atomic E-state index is 0.878. The Morgan fingerprint density at radius 3 is 1.32 bits per heavy atom. The number of anilines is 3. The molecule has 0 aliphatic rings. The molecule has 10 aromatic carbocycles. The van der Waals surface area contributed by atoms with Crippen molar-refractivity contribution in [3.05, 3.63) is 224 Å². The Kier molecular flexibility index (Phi) is 7.57. The highest BCUT2D eigenvalue weighted by Gasteiger charge is 2.23. The van der Waals surface area contributed by atoms with E-state index >= 15 is 0 Å². The number of para-hydroxylation sites is 6. The van der Waals surface area contributed by atoms with E-state index < -0.39 is 0 Å². The van der Waals surface area contributed by atoms with Crippen LogP contribution in [0.15, 0.2) is 229 Å². The van der Waals surface area contributed by atoms with Crippen LogP contribution in [-0.4, -0.2) is 9.13 Å². The van der Waals surface area contributed by atoms with Gasteiger partial charge in [0.05, 0.1) is 27.8 Å². The van der Waals surface area contributed by atoms with E-state index in [1.807, 2.05) is 0 Å². The third-order valence-electron chi connectivity index (χ3n) is 12.7. The number of nitrogens with zero attached hydrogens (tertiary/aromatic N) is 3. The van der Waals surface area contributed by atoms with Gasteiger partial charge in [-0.1, -0.05) is 146 Å². The minimum absolute atomic E-state index is 0.878. The second kappa shape index (κ2) is 13.6. The van der Waals surface area contributed by atoms with Crippen LogP contribution in [0.25, 0.3) is 98.8 Å². The Morgan fingerprint density at radius 2 is 0.758 bits per heavy atom. The summed E-state index contributed by atoms with van der Waals surface area (Å²) in [6.07, 6.45) is 0. The highest BCUT2D eigenvalue weighted by molar-refractivity contribution is 6.14. The van der Waals surface area contributed by atoms with Gasteiger partial charge < -0.3 is 18.5 Å². The van der Waals surface area contributed by atoms with Gasteiger partial charge in [-0.2, -0.15) is 0 Å². The van der Waals surface area contributed by atoms with E-state index in [1.165, 1.54) is 54.4 Å². The van der Waals surface area contributed by atoms with E-state index in [1.54, 1.807) is 0 Å². The Bertz CT molecular complexity index is 3640. The number of furan rings is 1. The largest absolute Gasteiger partial charge is 0.455 e. The summed E-state index contributed by atoms with van der Waals surface area (Å²) in [4.78, 5) is 2.42. The van der Waals surface area contributed by atoms with Gasteiger partial charge in [-0.05, 0) is 89.6 Å². The Morgan fingerprint density at radius 1 is 0.323 bits per heavy atom. The average Bonchev–Trinajstić information content (AvgIpc) is 3.99. The molecule has 4 nitrogen and oxygen atoms in total. The van der Waals surface area contributed by atoms with E-state index in [0.717, 1.165) is 61.5 Å². The summed E-state index contributed by atoms with van der Waals surface area (Å²) >= 11 is 0. The second-order valence-electron chi connectivity index (χ2n) is 16.1. The topological polar surface area (TPSA) is 26.2 Å². The van der Waals surface area contributed by atoms with Crippen molar-refractivity contribution in [2.24, 2.45) is 0 Å². The lowest BCUT2D eigenvalue weighted by atomic mass is 9.98. The minimum Gasteiger partial charge on any atom is -0.455 e. The molecule has 62 heavy (non-hydrogen) atoms. The molecule has 0 saturated carbocycles. The number of rotatable bonds is 6. The van der Waals surface area contributed by atoms with Crippen molar-refractivity contribution in [3.8, 4) is 22.5 Å². The molecule has 290 valence electrons. The maximum Gasteiger partial charge on any atom is 0.143 e. The van der Waals surface area contributed by atoms with Crippen molar-refractivity contribution in [3.63, 3.8) is 0 Å². The van der Waals surface area contributed by atoms with Gasteiger partial charge in [-0.15, -0.1) is 0 Å². The van der Waals surface area contributed by atoms with Crippen molar-refractivity contribution < 1.29 is 4.42 Å². The van der Waals surface area contributed by atoms with Crippen LogP contribution >= 0.6 is 0 Å². The molecular weight excluding hydrogens is 755 g/mol. The number of hydrogen-bond donors (Lipinski definition) is 0. The zero-order valence-electron chi connectivity index (χ0n) is 33.6. The second-order valence-corrected chi connectivity index (χ2v) is 16.1. The first-order valence-corrected chi connectivity index (χ1v) is 21.2. The molecule has 0 amide bonds. The third-order valence-corrected chi connectivity index (χ3v) is 12.7. The lowest BCUT2D eigenvalue weighted by molar-refractivity contribution is 0.670. The lowest BCUT2D eigenvalue weighted by Gasteiger charge is -2.29. The van der Waals surface area contributed by atoms with Crippen LogP contribution in [0.2, 0.25) is 0 Å². The molecule has 0 aliphatic heterocycles. The van der Waals surface area contributed by atoms with E-state index in [0.29, 0.717) is 0 Å². The SMILES string of the molecule is c1cc(N(c2cccc(-n3c4ccccc4c4ccccc43)c2)c2ccccc2-c2cccc3c2oc2cc4ccccc4cc23)cc(-n2c3ccccc3c3ccccc32)c1. The first-order valence-electron chi connectivity index (χ1n) is 21.2. The maximum absolute atomic E-state index is 6.87. The standard InChI is InChI=1S/C58H37N3O/c1-2-17-39-35-57-51(34-38(39)16-1)50-28-15-27-49(58(50)62-57)48-26-7-8-29-52(48)59(40-18-13-20-42(36-40)60-53-30-9-3-22-44(53)45-23-4-10-31-54(45)60)41-19-14-21-43(37-41)61-55-32-11-5-24-46(55)47-25-6-12-33-56(47)61/h1-37H. The van der Waals surface area contributed by atoms with E-state index in [-0.39, 0.29) is 0 Å². The molecule has 0 N–H and O–H groups in total. The predicted molar refractivity (Wildman–Crippen MR) is 260 cm³/mol. The van der Waals surface area contributed by atoms with Gasteiger partial charge in [-0.25, -0.2) is 0 Å². The summed E-state index contributed by atoms with van der Waals surface area (Å²) in [5.41, 5.74) is 13.9. The van der Waals surface area contributed by atoms with Gasteiger partial charge in [0.2, 0.25) is 0 Å². The molecule has 0 aliphatic carbocycles. The molecule has 0 atom stereocenters. The highest BCUT2D eigenvalue weighted by Crippen LogP contribution is 2.46. The molecule has 13 rings (SSSR count). The number of benzene rings is 10. The van der Waals surface area contributed by atoms with Crippen LogP contribution < -0.4 is 4.90 Å². The molecule has 13 aromatic rings. The molecule has 3 aromatic heterocycles. The first-order chi connectivity index (χ1) is 30.8. The van der Waals surface area contributed by atoms with Crippen molar-refractivity contribution in [2.75, 3.05) is 4.90 Å². The smallest absolute Gasteiger partial charge is 0.143 e. The summed E-state index contributed by atoms with van der Waals surface area (Å²) in [7, 11) is 0. The fourth-order valence-corrected chi connectivity index (χ4v) is 9.96. The van der Waals surface area contributed by atoms with Crippen LogP contribution in [0.5, 0.6) is 0 Å². The van der Waals surface area contributed by atoms with Gasteiger partial charge >= 0.3 is 0 Å². The summed E-state index contributed by atoms with van der Waals surface area (Å²) in [5.74, 6) is 0. The molecule has 0 radical (unpaired) electrons. The molecule has 0 spiro atoms. The number of hydrogen-bond acceptors (Lipinski definition) is 2. The Balaban J connectivity index is 1.06. The lowest BCUT2D eigenvalue weighted by Crippen LogP contribution is -2.12. The van der Waals surface area contributed by atoms with Crippen LogP contribution in [0.1, 0.15) is 0 Å². The monoisotopic (exact) mass is 791 g/mol. The van der Waals surface area contributed by atoms with Crippen LogP contribution in [0.4, 0.5) is 17.1 Å². The van der Waals surface area contributed by atoms with E-state index in [4.69, 9.17) is 4.42 Å². The van der Waals surface area contributed by atoms with Gasteiger partial charge in [0.1, 0.15) is 11.2 Å². The van der Waals surface area contributed by atoms with Crippen LogP contribution in [0.3, 0.4) is 0 Å². The quantitative estimate of drug-likeness (QED) is 0.168. The normalized spacial score (nSPS) is 11.9. The summed E-state index contributed by atoms with van der Waals surface area (Å²) < 4.78 is 11.7. The molecule has 0 bridgehead atoms. The van der Waals surface area contributed by atoms with Gasteiger partial charge in [0, 0.05) is 66.2 Å². The Hall–Kier alpha value is -8.34. The average molecular weight is 792 g/mol. The van der Waals surface area contributed by atoms with Crippen LogP contribution in [-0.2, 0) is 0 Å². The van der Waals surface area contributed by atoms with Gasteiger partial charge in [-0.3, -0.25) is 0 Å². The zero-order valence-corrected chi connectivity index (χ0v) is 33.6. The number of fused-ring (bicyclic) bond motifs is 10. The predicted octanol–water partition coefficient (Wildman–Crippen LogP) is 16.1. The van der Waals surface area contributed by atoms with E-state index in [9.17, 15) is 0 Å². The fraction of sp³-hybridized carbons (Fsp3) is 0. The van der Waals surface area contributed by atoms with Crippen molar-refractivity contribution in [1.29, 1.82) is 0 Å². The Labute approximate surface area is 357 Å². The van der Waals surface area contributed by atoms with Gasteiger partial charge in [0.15, 0.2) is 0 Å². The van der Waals surface area contributed by atoms with Crippen molar-refractivity contribution in [2.45, 2.75) is 0 Å². The summed E-state index contributed by atoms with van der Waals surface area (Å²) in [6, 6.07) is 81.0. The fourth-order valence-electron chi connectivity index (χ4n) is 9.96. The molecular formula is C58H37N3O. The maximum atomic E-state index is 6.87. The summed E-state index contributed by atoms with van der Waals surface area (Å²) in [6.45, 7) is 0. The zero-order chi connectivity index (χ0) is 40.7. The van der Waals surface area contributed by atoms with Gasteiger partial charge in [0.25, 0.3) is 0 Å². The molecule has 4 heteroatoms. The molecule has 3 heterocycles. The molecule has 0 saturated heterocycles. The van der Waals surface area contributed by atoms with E-state index in [2.05, 4.69) is 238 Å². The van der Waals surface area contributed by atoms with Crippen molar-refractivity contribution in [1.82, 2.24) is 9.13 Å². The van der Waals surface area contributed by atoms with Crippen molar-refractivity contribution >= 4 is 93.4 Å². The highest BCUT2D eigenvalue weighted by atomic mass is 16.3. The third kappa shape index (κ3) is 5.20. The van der Waals surface area contributed by atoms with Crippen LogP contribution in [0, 0.1) is 0 Å². The molecule has 0 fully saturated rings.